The second kappa shape index (κ2) is 15.7. The van der Waals surface area contributed by atoms with E-state index in [0.717, 1.165) is 32.1 Å². The van der Waals surface area contributed by atoms with E-state index in [4.69, 9.17) is 18.9 Å². The monoisotopic (exact) mass is 784 g/mol. The maximum absolute atomic E-state index is 12.5. The Labute approximate surface area is 327 Å². The Kier molecular flexibility index (Phi) is 12.5. The van der Waals surface area contributed by atoms with Gasteiger partial charge in [0.05, 0.1) is 31.0 Å². The Morgan fingerprint density at radius 2 is 1.27 bits per heavy atom. The number of hydrogen-bond donors (Lipinski definition) is 9. The van der Waals surface area contributed by atoms with Gasteiger partial charge in [-0.2, -0.15) is 0 Å². The summed E-state index contributed by atoms with van der Waals surface area (Å²) in [5, 5.41) is 95.9. The number of ether oxygens (including phenoxy) is 4. The van der Waals surface area contributed by atoms with Crippen molar-refractivity contribution in [1.29, 1.82) is 0 Å². The molecule has 2 unspecified atom stereocenters. The van der Waals surface area contributed by atoms with Crippen molar-refractivity contribution in [2.75, 3.05) is 13.2 Å². The molecule has 13 nitrogen and oxygen atoms in total. The number of aliphatic hydroxyl groups excluding tert-OH is 9. The molecule has 0 bridgehead atoms. The Morgan fingerprint density at radius 3 is 1.85 bits per heavy atom. The third-order valence-electron chi connectivity index (χ3n) is 16.7. The molecular formula is C42H72O13. The van der Waals surface area contributed by atoms with Gasteiger partial charge in [0, 0.05) is 0 Å². The third-order valence-corrected chi connectivity index (χ3v) is 16.7. The van der Waals surface area contributed by atoms with E-state index in [0.29, 0.717) is 25.7 Å². The van der Waals surface area contributed by atoms with Crippen LogP contribution in [0.15, 0.2) is 11.6 Å². The van der Waals surface area contributed by atoms with Gasteiger partial charge in [-0.25, -0.2) is 0 Å². The summed E-state index contributed by atoms with van der Waals surface area (Å²) < 4.78 is 24.9. The summed E-state index contributed by atoms with van der Waals surface area (Å²) in [6.07, 6.45) is -5.39. The lowest BCUT2D eigenvalue weighted by Gasteiger charge is -2.71. The highest BCUT2D eigenvalue weighted by Crippen LogP contribution is 2.76. The Bertz CT molecular complexity index is 1370. The van der Waals surface area contributed by atoms with Crippen LogP contribution in [0.2, 0.25) is 0 Å². The molecule has 2 saturated heterocycles. The van der Waals surface area contributed by atoms with E-state index in [-0.39, 0.29) is 51.4 Å². The molecular weight excluding hydrogens is 712 g/mol. The highest BCUT2D eigenvalue weighted by molar-refractivity contribution is 5.20. The molecule has 4 aliphatic carbocycles. The molecule has 0 aromatic carbocycles. The lowest BCUT2D eigenvalue weighted by atomic mass is 9.35. The fourth-order valence-electron chi connectivity index (χ4n) is 13.4. The molecule has 2 heterocycles. The van der Waals surface area contributed by atoms with E-state index in [1.807, 2.05) is 20.8 Å². The molecule has 2 aliphatic heterocycles. The molecule has 6 rings (SSSR count). The van der Waals surface area contributed by atoms with Crippen molar-refractivity contribution in [3.63, 3.8) is 0 Å². The van der Waals surface area contributed by atoms with Crippen molar-refractivity contribution in [2.45, 2.75) is 192 Å². The van der Waals surface area contributed by atoms with Crippen LogP contribution in [0.3, 0.4) is 0 Å². The zero-order chi connectivity index (χ0) is 40.6. The van der Waals surface area contributed by atoms with Gasteiger partial charge in [-0.1, -0.05) is 46.3 Å². The average Bonchev–Trinajstić information content (AvgIpc) is 3.51. The Morgan fingerprint density at radius 1 is 0.709 bits per heavy atom. The van der Waals surface area contributed by atoms with Crippen LogP contribution in [-0.2, 0) is 18.9 Å². The van der Waals surface area contributed by atoms with Crippen LogP contribution in [-0.4, -0.2) is 138 Å². The molecule has 6 aliphatic rings. The van der Waals surface area contributed by atoms with Crippen molar-refractivity contribution in [2.24, 2.45) is 45.3 Å². The Balaban J connectivity index is 1.26. The standard InChI is InChI=1S/C42H72O13/c1-21(2)10-9-14-42(8,55-37-35(51)33(49)31(47)25(20-44)53-37)22-11-16-41(7)29(22)23(45)18-27-39(5)15-13-28(38(3,4)26(39)12-17-40(27,41)6)54-36-34(50)32(48)30(46)24(19-43)52-36/h10,22-37,43-51H,9,11-20H2,1-8H3/t22?,23-,24-,25-,26+,27-,28+,29?,30-,31-,32+,33+,34-,35-,36+,37+,39+,40-,41-,42+/m1/s1. The van der Waals surface area contributed by atoms with Crippen LogP contribution in [0.25, 0.3) is 0 Å². The molecule has 318 valence electrons. The van der Waals surface area contributed by atoms with E-state index in [9.17, 15) is 46.0 Å². The van der Waals surface area contributed by atoms with E-state index in [1.165, 1.54) is 5.57 Å². The predicted molar refractivity (Wildman–Crippen MR) is 201 cm³/mol. The summed E-state index contributed by atoms with van der Waals surface area (Å²) in [5.41, 5.74) is -0.592. The summed E-state index contributed by atoms with van der Waals surface area (Å²) in [4.78, 5) is 0. The lowest BCUT2D eigenvalue weighted by molar-refractivity contribution is -0.338. The molecule has 9 N–H and O–H groups in total. The molecule has 20 atom stereocenters. The molecule has 0 spiro atoms. The average molecular weight is 785 g/mol. The first-order valence-corrected chi connectivity index (χ1v) is 20.9. The SMILES string of the molecule is CC(C)=CCC[C@](C)(O[C@@H]1O[C@H](CO)[C@@H](O)[C@H](O)[C@H]1O)C1CC[C@]2(C)C1[C@H](O)C[C@@H]1[C@@]3(C)CC[C@H](O[C@@H]4O[C@H](CO)[C@@H](O)[C@H](O)[C@H]4O)C(C)(C)[C@@H]3CC[C@]12C. The van der Waals surface area contributed by atoms with Gasteiger partial charge in [-0.15, -0.1) is 0 Å². The van der Waals surface area contributed by atoms with Gasteiger partial charge in [0.15, 0.2) is 12.6 Å². The summed E-state index contributed by atoms with van der Waals surface area (Å²) in [5.74, 6) is 0.196. The van der Waals surface area contributed by atoms with E-state index in [1.54, 1.807) is 0 Å². The predicted octanol–water partition coefficient (Wildman–Crippen LogP) is 2.15. The Hall–Kier alpha value is -0.780. The summed E-state index contributed by atoms with van der Waals surface area (Å²) in [7, 11) is 0. The maximum atomic E-state index is 12.5. The quantitative estimate of drug-likeness (QED) is 0.115. The zero-order valence-corrected chi connectivity index (χ0v) is 34.3. The summed E-state index contributed by atoms with van der Waals surface area (Å²) >= 11 is 0. The highest BCUT2D eigenvalue weighted by Gasteiger charge is 2.72. The van der Waals surface area contributed by atoms with Crippen LogP contribution >= 0.6 is 0 Å². The number of fused-ring (bicyclic) bond motifs is 5. The van der Waals surface area contributed by atoms with Crippen molar-refractivity contribution in [3.05, 3.63) is 11.6 Å². The highest BCUT2D eigenvalue weighted by atomic mass is 16.7. The summed E-state index contributed by atoms with van der Waals surface area (Å²) in [6, 6.07) is 0. The van der Waals surface area contributed by atoms with E-state index in [2.05, 4.69) is 40.7 Å². The molecule has 4 saturated carbocycles. The number of rotatable bonds is 10. The maximum Gasteiger partial charge on any atom is 0.187 e. The minimum atomic E-state index is -1.55. The second-order valence-electron chi connectivity index (χ2n) is 20.1. The molecule has 0 aromatic heterocycles. The first-order chi connectivity index (χ1) is 25.6. The molecule has 6 fully saturated rings. The summed E-state index contributed by atoms with van der Waals surface area (Å²) in [6.45, 7) is 16.6. The van der Waals surface area contributed by atoms with Gasteiger partial charge in [0.2, 0.25) is 0 Å². The molecule has 0 amide bonds. The van der Waals surface area contributed by atoms with Gasteiger partial charge in [-0.3, -0.25) is 0 Å². The molecule has 55 heavy (non-hydrogen) atoms. The van der Waals surface area contributed by atoms with Crippen LogP contribution < -0.4 is 0 Å². The normalized spacial score (nSPS) is 52.0. The van der Waals surface area contributed by atoms with E-state index >= 15 is 0 Å². The molecule has 0 radical (unpaired) electrons. The van der Waals surface area contributed by atoms with Gasteiger partial charge in [-0.05, 0) is 124 Å². The van der Waals surface area contributed by atoms with E-state index < -0.39 is 86.3 Å². The van der Waals surface area contributed by atoms with Crippen molar-refractivity contribution in [1.82, 2.24) is 0 Å². The fourth-order valence-corrected chi connectivity index (χ4v) is 13.4. The molecule has 13 heteroatoms. The molecule has 0 aromatic rings. The second-order valence-corrected chi connectivity index (χ2v) is 20.1. The van der Waals surface area contributed by atoms with Crippen LogP contribution in [0.5, 0.6) is 0 Å². The minimum absolute atomic E-state index is 0.104. The zero-order valence-electron chi connectivity index (χ0n) is 34.3. The van der Waals surface area contributed by atoms with Crippen molar-refractivity contribution >= 4 is 0 Å². The van der Waals surface area contributed by atoms with Crippen LogP contribution in [0.1, 0.15) is 113 Å². The number of aliphatic hydroxyl groups is 9. The topological polar surface area (TPSA) is 219 Å². The van der Waals surface area contributed by atoms with Gasteiger partial charge < -0.3 is 64.9 Å². The van der Waals surface area contributed by atoms with Crippen molar-refractivity contribution in [3.8, 4) is 0 Å². The first-order valence-electron chi connectivity index (χ1n) is 20.9. The number of hydrogen-bond acceptors (Lipinski definition) is 13. The van der Waals surface area contributed by atoms with Gasteiger partial charge in [0.25, 0.3) is 0 Å². The lowest BCUT2D eigenvalue weighted by Crippen LogP contribution is -2.67. The van der Waals surface area contributed by atoms with Crippen LogP contribution in [0.4, 0.5) is 0 Å². The largest absolute Gasteiger partial charge is 0.394 e. The minimum Gasteiger partial charge on any atom is -0.394 e. The first kappa shape index (κ1) is 43.8. The smallest absolute Gasteiger partial charge is 0.187 e. The number of allylic oxidation sites excluding steroid dienone is 2. The van der Waals surface area contributed by atoms with Gasteiger partial charge >= 0.3 is 0 Å². The van der Waals surface area contributed by atoms with Crippen LogP contribution in [0, 0.1) is 45.3 Å². The fraction of sp³-hybridized carbons (Fsp3) is 0.952. The third kappa shape index (κ3) is 7.10. The van der Waals surface area contributed by atoms with Gasteiger partial charge in [0.1, 0.15) is 48.8 Å². The van der Waals surface area contributed by atoms with Crippen molar-refractivity contribution < 1.29 is 64.9 Å².